The first-order valence-electron chi connectivity index (χ1n) is 10.5. The van der Waals surface area contributed by atoms with E-state index in [4.69, 9.17) is 9.47 Å². The second-order valence-electron chi connectivity index (χ2n) is 9.44. The van der Waals surface area contributed by atoms with Gasteiger partial charge in [-0.1, -0.05) is 0 Å². The van der Waals surface area contributed by atoms with E-state index < -0.39 is 35.5 Å². The zero-order valence-corrected chi connectivity index (χ0v) is 19.0. The average Bonchev–Trinajstić information content (AvgIpc) is 3.05. The van der Waals surface area contributed by atoms with E-state index in [1.54, 1.807) is 41.5 Å². The fourth-order valence-electron chi connectivity index (χ4n) is 3.05. The predicted octanol–water partition coefficient (Wildman–Crippen LogP) is 3.09. The number of hydrogen-bond donors (Lipinski definition) is 2. The summed E-state index contributed by atoms with van der Waals surface area (Å²) < 4.78 is 10.5. The summed E-state index contributed by atoms with van der Waals surface area (Å²) in [7, 11) is 0. The molecule has 1 aliphatic heterocycles. The molecule has 0 spiro atoms. The molecule has 9 nitrogen and oxygen atoms in total. The molecule has 0 radical (unpaired) electrons. The van der Waals surface area contributed by atoms with Gasteiger partial charge in [-0.2, -0.15) is 5.26 Å². The van der Waals surface area contributed by atoms with Gasteiger partial charge in [0.2, 0.25) is 5.91 Å². The van der Waals surface area contributed by atoms with E-state index >= 15 is 0 Å². The van der Waals surface area contributed by atoms with Gasteiger partial charge in [-0.05, 0) is 73.6 Å². The lowest BCUT2D eigenvalue weighted by Crippen LogP contribution is -2.50. The SMILES string of the molecule is CC(C)(C)OC(=O)NCCCC[C@H](NC(=O)OC(C)(C)C)C(=O)N1CCC[C@H]1C#N. The third-order valence-electron chi connectivity index (χ3n) is 4.26. The molecule has 170 valence electrons. The normalized spacial score (nSPS) is 17.6. The number of unbranched alkanes of at least 4 members (excludes halogenated alkanes) is 1. The van der Waals surface area contributed by atoms with E-state index in [1.807, 2.05) is 0 Å². The maximum atomic E-state index is 13.0. The Morgan fingerprint density at radius 2 is 1.67 bits per heavy atom. The number of carbonyl (C=O) groups is 3. The van der Waals surface area contributed by atoms with Crippen LogP contribution < -0.4 is 10.6 Å². The van der Waals surface area contributed by atoms with Gasteiger partial charge in [-0.3, -0.25) is 4.79 Å². The van der Waals surface area contributed by atoms with Gasteiger partial charge in [0.25, 0.3) is 0 Å². The molecule has 0 bridgehead atoms. The zero-order chi connectivity index (χ0) is 22.9. The number of nitrogens with one attached hydrogen (secondary N) is 2. The van der Waals surface area contributed by atoms with Crippen LogP contribution in [0.4, 0.5) is 9.59 Å². The summed E-state index contributed by atoms with van der Waals surface area (Å²) in [5.41, 5.74) is -1.25. The van der Waals surface area contributed by atoms with Crippen LogP contribution in [0, 0.1) is 11.3 Å². The molecule has 1 heterocycles. The summed E-state index contributed by atoms with van der Waals surface area (Å²) in [5.74, 6) is -0.273. The third kappa shape index (κ3) is 9.81. The molecule has 0 unspecified atom stereocenters. The van der Waals surface area contributed by atoms with E-state index in [0.29, 0.717) is 38.8 Å². The van der Waals surface area contributed by atoms with Gasteiger partial charge in [0, 0.05) is 13.1 Å². The highest BCUT2D eigenvalue weighted by molar-refractivity contribution is 5.86. The van der Waals surface area contributed by atoms with Crippen LogP contribution in [0.2, 0.25) is 0 Å². The molecule has 30 heavy (non-hydrogen) atoms. The smallest absolute Gasteiger partial charge is 0.408 e. The van der Waals surface area contributed by atoms with Crippen molar-refractivity contribution in [2.75, 3.05) is 13.1 Å². The summed E-state index contributed by atoms with van der Waals surface area (Å²) in [6.45, 7) is 11.5. The van der Waals surface area contributed by atoms with Crippen LogP contribution >= 0.6 is 0 Å². The lowest BCUT2D eigenvalue weighted by Gasteiger charge is -2.27. The summed E-state index contributed by atoms with van der Waals surface area (Å²) in [6, 6.07) is 0.903. The standard InChI is InChI=1S/C21H36N4O5/c1-20(2,3)29-18(27)23-12-8-7-11-16(24-19(28)30-21(4,5)6)17(26)25-13-9-10-15(25)14-22/h15-16H,7-13H2,1-6H3,(H,23,27)(H,24,28)/t15-,16-/m0/s1. The highest BCUT2D eigenvalue weighted by atomic mass is 16.6. The zero-order valence-electron chi connectivity index (χ0n) is 19.0. The largest absolute Gasteiger partial charge is 0.444 e. The maximum absolute atomic E-state index is 13.0. The highest BCUT2D eigenvalue weighted by Crippen LogP contribution is 2.19. The summed E-state index contributed by atoms with van der Waals surface area (Å²) >= 11 is 0. The minimum Gasteiger partial charge on any atom is -0.444 e. The lowest BCUT2D eigenvalue weighted by atomic mass is 10.1. The first-order valence-corrected chi connectivity index (χ1v) is 10.5. The Hall–Kier alpha value is -2.50. The highest BCUT2D eigenvalue weighted by Gasteiger charge is 2.34. The van der Waals surface area contributed by atoms with Crippen molar-refractivity contribution < 1.29 is 23.9 Å². The van der Waals surface area contributed by atoms with E-state index in [0.717, 1.165) is 6.42 Å². The van der Waals surface area contributed by atoms with Crippen LogP contribution in [0.3, 0.4) is 0 Å². The number of nitriles is 1. The number of alkyl carbamates (subject to hydrolysis) is 2. The van der Waals surface area contributed by atoms with Crippen molar-refractivity contribution in [3.05, 3.63) is 0 Å². The van der Waals surface area contributed by atoms with E-state index in [1.165, 1.54) is 4.90 Å². The molecule has 3 amide bonds. The Labute approximate surface area is 179 Å². The van der Waals surface area contributed by atoms with Crippen molar-refractivity contribution in [2.45, 2.75) is 96.9 Å². The Balaban J connectivity index is 2.61. The van der Waals surface area contributed by atoms with E-state index in [9.17, 15) is 19.6 Å². The molecule has 0 aromatic heterocycles. The predicted molar refractivity (Wildman–Crippen MR) is 112 cm³/mol. The van der Waals surface area contributed by atoms with Gasteiger partial charge < -0.3 is 25.0 Å². The minimum absolute atomic E-state index is 0.273. The number of rotatable bonds is 7. The number of nitrogens with zero attached hydrogens (tertiary/aromatic N) is 2. The molecule has 0 aliphatic carbocycles. The Morgan fingerprint density at radius 3 is 2.23 bits per heavy atom. The number of ether oxygens (including phenoxy) is 2. The van der Waals surface area contributed by atoms with Gasteiger partial charge in [-0.25, -0.2) is 9.59 Å². The van der Waals surface area contributed by atoms with Gasteiger partial charge in [0.1, 0.15) is 23.3 Å². The fraction of sp³-hybridized carbons (Fsp3) is 0.810. The second-order valence-corrected chi connectivity index (χ2v) is 9.44. The Morgan fingerprint density at radius 1 is 1.07 bits per heavy atom. The second kappa shape index (κ2) is 11.0. The van der Waals surface area contributed by atoms with E-state index in [2.05, 4.69) is 16.7 Å². The molecule has 0 aromatic rings. The van der Waals surface area contributed by atoms with Crippen molar-refractivity contribution in [3.63, 3.8) is 0 Å². The van der Waals surface area contributed by atoms with Crippen molar-refractivity contribution in [1.29, 1.82) is 5.26 Å². The number of likely N-dealkylation sites (tertiary alicyclic amines) is 1. The van der Waals surface area contributed by atoms with Crippen molar-refractivity contribution in [2.24, 2.45) is 0 Å². The molecule has 1 rings (SSSR count). The number of amides is 3. The van der Waals surface area contributed by atoms with Crippen LogP contribution in [0.25, 0.3) is 0 Å². The van der Waals surface area contributed by atoms with Crippen LogP contribution in [0.5, 0.6) is 0 Å². The lowest BCUT2D eigenvalue weighted by molar-refractivity contribution is -0.133. The van der Waals surface area contributed by atoms with Gasteiger partial charge in [0.05, 0.1) is 6.07 Å². The monoisotopic (exact) mass is 424 g/mol. The van der Waals surface area contributed by atoms with Crippen LogP contribution in [0.1, 0.15) is 73.6 Å². The molecule has 1 aliphatic rings. The molecule has 0 saturated carbocycles. The Kier molecular flexibility index (Phi) is 9.40. The third-order valence-corrected chi connectivity index (χ3v) is 4.26. The van der Waals surface area contributed by atoms with Gasteiger partial charge in [-0.15, -0.1) is 0 Å². The van der Waals surface area contributed by atoms with Crippen LogP contribution in [0.15, 0.2) is 0 Å². The molecule has 9 heteroatoms. The van der Waals surface area contributed by atoms with E-state index in [-0.39, 0.29) is 5.91 Å². The number of carbonyl (C=O) groups excluding carboxylic acids is 3. The molecular formula is C21H36N4O5. The van der Waals surface area contributed by atoms with Crippen molar-refractivity contribution in [1.82, 2.24) is 15.5 Å². The van der Waals surface area contributed by atoms with Crippen molar-refractivity contribution >= 4 is 18.1 Å². The molecule has 2 atom stereocenters. The molecule has 0 aromatic carbocycles. The van der Waals surface area contributed by atoms with Gasteiger partial charge in [0.15, 0.2) is 0 Å². The summed E-state index contributed by atoms with van der Waals surface area (Å²) in [6.07, 6.45) is 1.83. The summed E-state index contributed by atoms with van der Waals surface area (Å²) in [4.78, 5) is 38.4. The summed E-state index contributed by atoms with van der Waals surface area (Å²) in [5, 5.41) is 14.6. The number of hydrogen-bond acceptors (Lipinski definition) is 6. The average molecular weight is 425 g/mol. The quantitative estimate of drug-likeness (QED) is 0.606. The first kappa shape index (κ1) is 25.5. The fourth-order valence-corrected chi connectivity index (χ4v) is 3.05. The Bertz CT molecular complexity index is 645. The molecular weight excluding hydrogens is 388 g/mol. The van der Waals surface area contributed by atoms with Crippen LogP contribution in [-0.2, 0) is 14.3 Å². The maximum Gasteiger partial charge on any atom is 0.408 e. The van der Waals surface area contributed by atoms with Crippen molar-refractivity contribution in [3.8, 4) is 6.07 Å². The minimum atomic E-state index is -0.782. The molecule has 1 saturated heterocycles. The topological polar surface area (TPSA) is 121 Å². The first-order chi connectivity index (χ1) is 13.8. The molecule has 1 fully saturated rings. The van der Waals surface area contributed by atoms with Gasteiger partial charge >= 0.3 is 12.2 Å². The molecule has 2 N–H and O–H groups in total. The van der Waals surface area contributed by atoms with Crippen LogP contribution in [-0.4, -0.2) is 59.4 Å².